The molecule has 4 nitrogen and oxygen atoms in total. The van der Waals surface area contributed by atoms with Crippen molar-refractivity contribution in [3.8, 4) is 0 Å². The number of anilines is 1. The number of carbonyl (C=O) groups is 1. The Balaban J connectivity index is 2.29. The zero-order chi connectivity index (χ0) is 15.9. The Hall–Kier alpha value is -2.83. The highest BCUT2D eigenvalue weighted by Gasteiger charge is 2.37. The van der Waals surface area contributed by atoms with E-state index in [1.807, 2.05) is 0 Å². The largest absolute Gasteiger partial charge is 0.431 e. The molecule has 22 heavy (non-hydrogen) atoms. The summed E-state index contributed by atoms with van der Waals surface area (Å²) >= 11 is 0. The zero-order valence-electron chi connectivity index (χ0n) is 11.1. The second-order valence-corrected chi connectivity index (χ2v) is 4.70. The van der Waals surface area contributed by atoms with Crippen LogP contribution in [0.3, 0.4) is 0 Å². The minimum atomic E-state index is -4.67. The van der Waals surface area contributed by atoms with Gasteiger partial charge in [0.05, 0.1) is 5.52 Å². The van der Waals surface area contributed by atoms with Crippen molar-refractivity contribution in [2.45, 2.75) is 6.18 Å². The van der Waals surface area contributed by atoms with Crippen LogP contribution in [-0.4, -0.2) is 15.5 Å². The standard InChI is InChI=1S/C15H10F3N3O/c16-15(17,18)13-8-9-7-10(19)4-5-12(9)21(13)14(22)11-3-1-2-6-20-11/h1-8H,19H2. The first kappa shape index (κ1) is 14.1. The van der Waals surface area contributed by atoms with Gasteiger partial charge in [-0.25, -0.2) is 0 Å². The van der Waals surface area contributed by atoms with E-state index in [0.717, 1.165) is 6.07 Å². The molecule has 0 saturated carbocycles. The van der Waals surface area contributed by atoms with Crippen molar-refractivity contribution in [3.63, 3.8) is 0 Å². The van der Waals surface area contributed by atoms with E-state index in [-0.39, 0.29) is 16.6 Å². The number of pyridine rings is 1. The normalized spacial score (nSPS) is 11.8. The van der Waals surface area contributed by atoms with Crippen LogP contribution in [-0.2, 0) is 6.18 Å². The van der Waals surface area contributed by atoms with Gasteiger partial charge in [-0.3, -0.25) is 14.3 Å². The van der Waals surface area contributed by atoms with Crippen LogP contribution in [0.25, 0.3) is 10.9 Å². The van der Waals surface area contributed by atoms with Gasteiger partial charge in [0.2, 0.25) is 0 Å². The fourth-order valence-corrected chi connectivity index (χ4v) is 2.27. The lowest BCUT2D eigenvalue weighted by Crippen LogP contribution is -2.21. The van der Waals surface area contributed by atoms with Gasteiger partial charge in [0.25, 0.3) is 5.91 Å². The Morgan fingerprint density at radius 1 is 1.14 bits per heavy atom. The predicted octanol–water partition coefficient (Wildman–Crippen LogP) is 3.33. The second kappa shape index (κ2) is 4.87. The highest BCUT2D eigenvalue weighted by Crippen LogP contribution is 2.35. The van der Waals surface area contributed by atoms with E-state index in [1.54, 1.807) is 6.07 Å². The first-order valence-corrected chi connectivity index (χ1v) is 6.32. The number of nitrogen functional groups attached to an aromatic ring is 1. The molecule has 7 heteroatoms. The molecule has 0 aliphatic carbocycles. The number of benzene rings is 1. The van der Waals surface area contributed by atoms with Crippen molar-refractivity contribution in [1.82, 2.24) is 9.55 Å². The molecule has 0 unspecified atom stereocenters. The molecule has 2 aromatic heterocycles. The van der Waals surface area contributed by atoms with Gasteiger partial charge in [-0.15, -0.1) is 0 Å². The number of hydrogen-bond acceptors (Lipinski definition) is 3. The molecule has 3 aromatic rings. The average Bonchev–Trinajstić information content (AvgIpc) is 2.86. The third kappa shape index (κ3) is 2.30. The minimum Gasteiger partial charge on any atom is -0.399 e. The minimum absolute atomic E-state index is 0.0673. The summed E-state index contributed by atoms with van der Waals surface area (Å²) in [4.78, 5) is 16.3. The molecule has 0 radical (unpaired) electrons. The average molecular weight is 305 g/mol. The molecular weight excluding hydrogens is 295 g/mol. The van der Waals surface area contributed by atoms with E-state index < -0.39 is 17.8 Å². The van der Waals surface area contributed by atoms with Gasteiger partial charge in [0, 0.05) is 17.3 Å². The zero-order valence-corrected chi connectivity index (χ0v) is 11.1. The maximum atomic E-state index is 13.2. The lowest BCUT2D eigenvalue weighted by atomic mass is 10.2. The molecule has 2 N–H and O–H groups in total. The fourth-order valence-electron chi connectivity index (χ4n) is 2.27. The SMILES string of the molecule is Nc1ccc2c(c1)cc(C(F)(F)F)n2C(=O)c1ccccn1. The number of nitrogens with two attached hydrogens (primary N) is 1. The Morgan fingerprint density at radius 2 is 1.91 bits per heavy atom. The van der Waals surface area contributed by atoms with Crippen LogP contribution in [0.5, 0.6) is 0 Å². The van der Waals surface area contributed by atoms with Crippen LogP contribution in [0.2, 0.25) is 0 Å². The molecule has 0 bridgehead atoms. The van der Waals surface area contributed by atoms with Gasteiger partial charge in [-0.1, -0.05) is 6.07 Å². The van der Waals surface area contributed by atoms with E-state index in [0.29, 0.717) is 10.3 Å². The molecule has 0 aliphatic heterocycles. The van der Waals surface area contributed by atoms with Gasteiger partial charge in [0.15, 0.2) is 0 Å². The van der Waals surface area contributed by atoms with Crippen molar-refractivity contribution in [1.29, 1.82) is 0 Å². The Morgan fingerprint density at radius 3 is 2.55 bits per heavy atom. The number of nitrogens with zero attached hydrogens (tertiary/aromatic N) is 2. The summed E-state index contributed by atoms with van der Waals surface area (Å²) in [5.74, 6) is -0.840. The summed E-state index contributed by atoms with van der Waals surface area (Å²) in [6.45, 7) is 0. The maximum Gasteiger partial charge on any atom is 0.431 e. The summed E-state index contributed by atoms with van der Waals surface area (Å²) in [6, 6.07) is 9.63. The van der Waals surface area contributed by atoms with Crippen LogP contribution in [0.15, 0.2) is 48.7 Å². The van der Waals surface area contributed by atoms with E-state index in [9.17, 15) is 18.0 Å². The van der Waals surface area contributed by atoms with Gasteiger partial charge in [-0.05, 0) is 36.4 Å². The summed E-state index contributed by atoms with van der Waals surface area (Å²) < 4.78 is 40.3. The lowest BCUT2D eigenvalue weighted by molar-refractivity contribution is -0.142. The van der Waals surface area contributed by atoms with Crippen LogP contribution >= 0.6 is 0 Å². The molecule has 3 rings (SSSR count). The van der Waals surface area contributed by atoms with E-state index in [1.165, 1.54) is 36.5 Å². The number of aromatic nitrogens is 2. The molecule has 0 saturated heterocycles. The van der Waals surface area contributed by atoms with Crippen LogP contribution in [0.4, 0.5) is 18.9 Å². The third-order valence-corrected chi connectivity index (χ3v) is 3.20. The van der Waals surface area contributed by atoms with Gasteiger partial charge >= 0.3 is 6.18 Å². The molecule has 0 amide bonds. The van der Waals surface area contributed by atoms with Gasteiger partial charge in [0.1, 0.15) is 11.4 Å². The summed E-state index contributed by atoms with van der Waals surface area (Å²) in [5.41, 5.74) is 4.93. The maximum absolute atomic E-state index is 13.2. The number of hydrogen-bond donors (Lipinski definition) is 1. The summed E-state index contributed by atoms with van der Waals surface area (Å²) in [5, 5.41) is 0.247. The Labute approximate surface area is 123 Å². The molecule has 2 heterocycles. The van der Waals surface area contributed by atoms with Gasteiger partial charge < -0.3 is 5.73 Å². The van der Waals surface area contributed by atoms with Crippen LogP contribution in [0, 0.1) is 0 Å². The van der Waals surface area contributed by atoms with Crippen molar-refractivity contribution in [2.75, 3.05) is 5.73 Å². The van der Waals surface area contributed by atoms with Gasteiger partial charge in [-0.2, -0.15) is 13.2 Å². The fraction of sp³-hybridized carbons (Fsp3) is 0.0667. The Kier molecular flexibility index (Phi) is 3.13. The van der Waals surface area contributed by atoms with Crippen molar-refractivity contribution < 1.29 is 18.0 Å². The number of alkyl halides is 3. The highest BCUT2D eigenvalue weighted by molar-refractivity contribution is 6.02. The predicted molar refractivity (Wildman–Crippen MR) is 75.3 cm³/mol. The number of halogens is 3. The second-order valence-electron chi connectivity index (χ2n) is 4.70. The quantitative estimate of drug-likeness (QED) is 0.702. The molecule has 0 aliphatic rings. The van der Waals surface area contributed by atoms with Crippen molar-refractivity contribution in [3.05, 3.63) is 60.0 Å². The smallest absolute Gasteiger partial charge is 0.399 e. The Bertz CT molecular complexity index is 854. The molecule has 0 fully saturated rings. The first-order valence-electron chi connectivity index (χ1n) is 6.32. The van der Waals surface area contributed by atoms with Crippen LogP contribution < -0.4 is 5.73 Å². The van der Waals surface area contributed by atoms with Crippen molar-refractivity contribution >= 4 is 22.5 Å². The first-order chi connectivity index (χ1) is 10.4. The lowest BCUT2D eigenvalue weighted by Gasteiger charge is -2.11. The number of carbonyl (C=O) groups excluding carboxylic acids is 1. The van der Waals surface area contributed by atoms with E-state index >= 15 is 0 Å². The molecular formula is C15H10F3N3O. The number of fused-ring (bicyclic) bond motifs is 1. The molecule has 1 aromatic carbocycles. The van der Waals surface area contributed by atoms with E-state index in [2.05, 4.69) is 4.98 Å². The third-order valence-electron chi connectivity index (χ3n) is 3.20. The molecule has 0 spiro atoms. The van der Waals surface area contributed by atoms with Crippen LogP contribution in [0.1, 0.15) is 16.2 Å². The van der Waals surface area contributed by atoms with Crippen molar-refractivity contribution in [2.24, 2.45) is 0 Å². The molecule has 112 valence electrons. The summed E-state index contributed by atoms with van der Waals surface area (Å²) in [7, 11) is 0. The number of rotatable bonds is 1. The highest BCUT2D eigenvalue weighted by atomic mass is 19.4. The monoisotopic (exact) mass is 305 g/mol. The molecule has 0 atom stereocenters. The van der Waals surface area contributed by atoms with E-state index in [4.69, 9.17) is 5.73 Å². The topological polar surface area (TPSA) is 60.9 Å². The summed E-state index contributed by atoms with van der Waals surface area (Å²) in [6.07, 6.45) is -3.32.